The van der Waals surface area contributed by atoms with Gasteiger partial charge in [0.25, 0.3) is 5.91 Å². The highest BCUT2D eigenvalue weighted by atomic mass is 16.2. The highest BCUT2D eigenvalue weighted by Gasteiger charge is 2.27. The molecule has 0 spiro atoms. The molecule has 1 saturated heterocycles. The number of hydrogen-bond acceptors (Lipinski definition) is 3. The van der Waals surface area contributed by atoms with E-state index >= 15 is 0 Å². The van der Waals surface area contributed by atoms with Gasteiger partial charge in [0, 0.05) is 31.1 Å². The summed E-state index contributed by atoms with van der Waals surface area (Å²) in [7, 11) is 0. The highest BCUT2D eigenvalue weighted by molar-refractivity contribution is 5.90. The van der Waals surface area contributed by atoms with Gasteiger partial charge >= 0.3 is 0 Å². The summed E-state index contributed by atoms with van der Waals surface area (Å²) >= 11 is 0. The lowest BCUT2D eigenvalue weighted by atomic mass is 9.86. The van der Waals surface area contributed by atoms with Crippen molar-refractivity contribution < 1.29 is 9.59 Å². The molecule has 2 aliphatic rings. The predicted molar refractivity (Wildman–Crippen MR) is 86.9 cm³/mol. The minimum atomic E-state index is -0.507. The molecular formula is C17H26N4O2. The second-order valence-electron chi connectivity index (χ2n) is 6.94. The largest absolute Gasteiger partial charge is 0.364 e. The number of piperidine rings is 1. The number of nitrogens with one attached hydrogen (secondary N) is 1. The zero-order valence-corrected chi connectivity index (χ0v) is 13.6. The first kappa shape index (κ1) is 16.0. The summed E-state index contributed by atoms with van der Waals surface area (Å²) in [5.74, 6) is 0.736. The molecule has 0 aromatic carbocycles. The highest BCUT2D eigenvalue weighted by Crippen LogP contribution is 2.30. The Morgan fingerprint density at radius 3 is 2.48 bits per heavy atom. The molecule has 6 nitrogen and oxygen atoms in total. The van der Waals surface area contributed by atoms with E-state index in [0.717, 1.165) is 38.0 Å². The zero-order chi connectivity index (χ0) is 16.2. The lowest BCUT2D eigenvalue weighted by Gasteiger charge is -2.33. The molecule has 1 aromatic heterocycles. The van der Waals surface area contributed by atoms with Crippen LogP contribution in [0.5, 0.6) is 0 Å². The van der Waals surface area contributed by atoms with Gasteiger partial charge in [0.15, 0.2) is 0 Å². The number of H-pyrrole nitrogens is 1. The van der Waals surface area contributed by atoms with Gasteiger partial charge in [-0.3, -0.25) is 14.7 Å². The van der Waals surface area contributed by atoms with E-state index in [1.54, 1.807) is 6.07 Å². The van der Waals surface area contributed by atoms with Gasteiger partial charge in [0.05, 0.1) is 0 Å². The lowest BCUT2D eigenvalue weighted by Crippen LogP contribution is -2.38. The number of carbonyl (C=O) groups is 2. The molecule has 0 unspecified atom stereocenters. The van der Waals surface area contributed by atoms with Crippen LogP contribution in [0.25, 0.3) is 0 Å². The summed E-state index contributed by atoms with van der Waals surface area (Å²) in [4.78, 5) is 25.6. The van der Waals surface area contributed by atoms with Crippen LogP contribution >= 0.6 is 0 Å². The minimum Gasteiger partial charge on any atom is -0.364 e. The monoisotopic (exact) mass is 318 g/mol. The van der Waals surface area contributed by atoms with Crippen LogP contribution < -0.4 is 5.73 Å². The van der Waals surface area contributed by atoms with Crippen molar-refractivity contribution in [2.45, 2.75) is 57.3 Å². The van der Waals surface area contributed by atoms with Crippen LogP contribution in [0, 0.1) is 5.92 Å². The van der Waals surface area contributed by atoms with Crippen molar-refractivity contribution in [1.29, 1.82) is 0 Å². The molecule has 3 N–H and O–H groups in total. The number of amides is 2. The van der Waals surface area contributed by atoms with E-state index in [4.69, 9.17) is 5.73 Å². The third kappa shape index (κ3) is 3.92. The standard InChI is InChI=1S/C17H26N4O2/c18-17(23)15-11-14(19-20-15)13-6-8-21(9-7-13)16(22)10-12-4-2-1-3-5-12/h11-13H,1-10H2,(H2,18,23)(H,19,20). The van der Waals surface area contributed by atoms with Gasteiger partial charge in [0.1, 0.15) is 5.69 Å². The van der Waals surface area contributed by atoms with Crippen molar-refractivity contribution in [3.8, 4) is 0 Å². The van der Waals surface area contributed by atoms with Crippen LogP contribution in [-0.4, -0.2) is 40.0 Å². The summed E-state index contributed by atoms with van der Waals surface area (Å²) in [6.07, 6.45) is 8.87. The molecule has 23 heavy (non-hydrogen) atoms. The number of nitrogens with zero attached hydrogens (tertiary/aromatic N) is 2. The second-order valence-corrected chi connectivity index (χ2v) is 6.94. The van der Waals surface area contributed by atoms with Crippen molar-refractivity contribution in [2.75, 3.05) is 13.1 Å². The molecular weight excluding hydrogens is 292 g/mol. The first-order valence-electron chi connectivity index (χ1n) is 8.76. The SMILES string of the molecule is NC(=O)c1cc(C2CCN(C(=O)CC3CCCCC3)CC2)[nH]n1. The maximum Gasteiger partial charge on any atom is 0.269 e. The number of rotatable bonds is 4. The number of likely N-dealkylation sites (tertiary alicyclic amines) is 1. The predicted octanol–water partition coefficient (Wildman–Crippen LogP) is 2.18. The maximum absolute atomic E-state index is 12.4. The van der Waals surface area contributed by atoms with E-state index in [-0.39, 0.29) is 5.69 Å². The quantitative estimate of drug-likeness (QED) is 0.891. The summed E-state index contributed by atoms with van der Waals surface area (Å²) in [5, 5.41) is 6.85. The smallest absolute Gasteiger partial charge is 0.269 e. The number of hydrogen-bond donors (Lipinski definition) is 2. The molecule has 126 valence electrons. The third-order valence-electron chi connectivity index (χ3n) is 5.33. The molecule has 2 amide bonds. The number of primary amides is 1. The first-order chi connectivity index (χ1) is 11.1. The van der Waals surface area contributed by atoms with Gasteiger partial charge in [-0.2, -0.15) is 5.10 Å². The Kier molecular flexibility index (Phi) is 4.98. The Bertz CT molecular complexity index is 555. The zero-order valence-electron chi connectivity index (χ0n) is 13.6. The molecule has 0 radical (unpaired) electrons. The average Bonchev–Trinajstić information content (AvgIpc) is 3.06. The van der Waals surface area contributed by atoms with Crippen molar-refractivity contribution in [2.24, 2.45) is 11.7 Å². The average molecular weight is 318 g/mol. The van der Waals surface area contributed by atoms with Crippen LogP contribution in [0.2, 0.25) is 0 Å². The van der Waals surface area contributed by atoms with Gasteiger partial charge in [-0.1, -0.05) is 19.3 Å². The van der Waals surface area contributed by atoms with E-state index in [1.165, 1.54) is 32.1 Å². The van der Waals surface area contributed by atoms with Crippen molar-refractivity contribution in [3.05, 3.63) is 17.5 Å². The first-order valence-corrected chi connectivity index (χ1v) is 8.76. The van der Waals surface area contributed by atoms with Crippen LogP contribution in [0.3, 0.4) is 0 Å². The Morgan fingerprint density at radius 2 is 1.87 bits per heavy atom. The summed E-state index contributed by atoms with van der Waals surface area (Å²) in [5.41, 5.74) is 6.48. The molecule has 0 bridgehead atoms. The van der Waals surface area contributed by atoms with Gasteiger partial charge in [-0.25, -0.2) is 0 Å². The maximum atomic E-state index is 12.4. The van der Waals surface area contributed by atoms with E-state index in [2.05, 4.69) is 10.2 Å². The minimum absolute atomic E-state index is 0.288. The van der Waals surface area contributed by atoms with Gasteiger partial charge in [-0.05, 0) is 37.7 Å². The fourth-order valence-corrected chi connectivity index (χ4v) is 3.88. The number of aromatic amines is 1. The molecule has 1 saturated carbocycles. The molecule has 1 aromatic rings. The summed E-state index contributed by atoms with van der Waals surface area (Å²) < 4.78 is 0. The van der Waals surface area contributed by atoms with Crippen molar-refractivity contribution in [1.82, 2.24) is 15.1 Å². The van der Waals surface area contributed by atoms with Gasteiger partial charge in [0.2, 0.25) is 5.91 Å². The van der Waals surface area contributed by atoms with E-state index in [1.807, 2.05) is 4.90 Å². The normalized spacial score (nSPS) is 20.6. The fourth-order valence-electron chi connectivity index (χ4n) is 3.88. The Morgan fingerprint density at radius 1 is 1.17 bits per heavy atom. The Balaban J connectivity index is 1.49. The number of carbonyl (C=O) groups excluding carboxylic acids is 2. The van der Waals surface area contributed by atoms with Crippen molar-refractivity contribution >= 4 is 11.8 Å². The molecule has 2 fully saturated rings. The van der Waals surface area contributed by atoms with Crippen LogP contribution in [0.4, 0.5) is 0 Å². The Labute approximate surface area is 136 Å². The fraction of sp³-hybridized carbons (Fsp3) is 0.706. The van der Waals surface area contributed by atoms with E-state index in [9.17, 15) is 9.59 Å². The Hall–Kier alpha value is -1.85. The molecule has 2 heterocycles. The number of aromatic nitrogens is 2. The van der Waals surface area contributed by atoms with Crippen LogP contribution in [0.15, 0.2) is 6.07 Å². The number of nitrogens with two attached hydrogens (primary N) is 1. The summed E-state index contributed by atoms with van der Waals surface area (Å²) in [6, 6.07) is 1.74. The lowest BCUT2D eigenvalue weighted by molar-refractivity contribution is -0.133. The molecule has 1 aliphatic heterocycles. The third-order valence-corrected chi connectivity index (χ3v) is 5.33. The molecule has 3 rings (SSSR count). The molecule has 1 aliphatic carbocycles. The van der Waals surface area contributed by atoms with Crippen LogP contribution in [0.1, 0.15) is 73.5 Å². The van der Waals surface area contributed by atoms with Crippen molar-refractivity contribution in [3.63, 3.8) is 0 Å². The topological polar surface area (TPSA) is 92.1 Å². The van der Waals surface area contributed by atoms with Gasteiger partial charge < -0.3 is 10.6 Å². The van der Waals surface area contributed by atoms with E-state index in [0.29, 0.717) is 17.7 Å². The van der Waals surface area contributed by atoms with Crippen LogP contribution in [-0.2, 0) is 4.79 Å². The van der Waals surface area contributed by atoms with E-state index < -0.39 is 5.91 Å². The molecule has 0 atom stereocenters. The second kappa shape index (κ2) is 7.15. The summed E-state index contributed by atoms with van der Waals surface area (Å²) in [6.45, 7) is 1.59. The van der Waals surface area contributed by atoms with Gasteiger partial charge in [-0.15, -0.1) is 0 Å². The molecule has 6 heteroatoms.